The average Bonchev–Trinajstić information content (AvgIpc) is 3.22. The molecule has 13 heteroatoms. The van der Waals surface area contributed by atoms with Gasteiger partial charge in [0.25, 0.3) is 0 Å². The van der Waals surface area contributed by atoms with Crippen molar-refractivity contribution in [2.24, 2.45) is 17.8 Å². The number of carbonyl (C=O) groups excluding carboxylic acids is 2. The van der Waals surface area contributed by atoms with Gasteiger partial charge in [-0.15, -0.1) is 0 Å². The van der Waals surface area contributed by atoms with Crippen LogP contribution in [-0.2, 0) is 14.2 Å². The van der Waals surface area contributed by atoms with Gasteiger partial charge in [0.05, 0.1) is 40.9 Å². The van der Waals surface area contributed by atoms with E-state index >= 15 is 0 Å². The minimum atomic E-state index is -1.75. The summed E-state index contributed by atoms with van der Waals surface area (Å²) in [5.41, 5.74) is 3.71. The highest BCUT2D eigenvalue weighted by atomic mass is 127. The minimum absolute atomic E-state index is 0.0832. The second kappa shape index (κ2) is 12.5. The number of carbonyl (C=O) groups is 2. The Balaban J connectivity index is 1.40. The van der Waals surface area contributed by atoms with Crippen LogP contribution in [0.15, 0.2) is 53.1 Å². The fourth-order valence-corrected chi connectivity index (χ4v) is 7.16. The van der Waals surface area contributed by atoms with E-state index < -0.39 is 49.9 Å². The zero-order valence-corrected chi connectivity index (χ0v) is 25.4. The lowest BCUT2D eigenvalue weighted by molar-refractivity contribution is -0.122. The molecule has 3 aliphatic rings. The number of halogens is 1. The molecule has 2 aliphatic heterocycles. The fraction of sp³-hybridized carbons (Fsp3) is 0.379. The third-order valence-corrected chi connectivity index (χ3v) is 9.23. The first-order chi connectivity index (χ1) is 20.0. The average molecular weight is 687 g/mol. The fourth-order valence-electron chi connectivity index (χ4n) is 6.54. The lowest BCUT2D eigenvalue weighted by Crippen LogP contribution is -2.46. The monoisotopic (exact) mass is 687 g/mol. The van der Waals surface area contributed by atoms with Gasteiger partial charge in [-0.2, -0.15) is 0 Å². The van der Waals surface area contributed by atoms with Gasteiger partial charge in [0.1, 0.15) is 0 Å². The highest BCUT2D eigenvalue weighted by Crippen LogP contribution is 2.51. The van der Waals surface area contributed by atoms with Gasteiger partial charge >= 0.3 is 14.2 Å². The van der Waals surface area contributed by atoms with E-state index in [4.69, 9.17) is 9.39 Å². The molecule has 0 aromatic heterocycles. The van der Waals surface area contributed by atoms with Crippen LogP contribution in [0.1, 0.15) is 31.7 Å². The van der Waals surface area contributed by atoms with E-state index in [0.29, 0.717) is 27.7 Å². The van der Waals surface area contributed by atoms with Gasteiger partial charge < -0.3 is 34.7 Å². The Morgan fingerprint density at radius 3 is 2.67 bits per heavy atom. The highest BCUT2D eigenvalue weighted by Gasteiger charge is 2.57. The SMILES string of the molecule is COc1cc(/C=C(\C)CC[C@H]2OB(O)C[C@H]3C2=C(CO)C[C@H]2C(=O)N(c4cccc(B(O)O)c4)C(=O)[C@H]23)cc(I)c1O. The molecule has 0 spiro atoms. The van der Waals surface area contributed by atoms with Crippen molar-refractivity contribution in [1.29, 1.82) is 0 Å². The number of hydrogen-bond acceptors (Lipinski definition) is 9. The predicted molar refractivity (Wildman–Crippen MR) is 166 cm³/mol. The lowest BCUT2D eigenvalue weighted by Gasteiger charge is -2.42. The Kier molecular flexibility index (Phi) is 9.16. The maximum absolute atomic E-state index is 13.8. The topological polar surface area (TPSA) is 157 Å². The van der Waals surface area contributed by atoms with Crippen LogP contribution in [-0.4, -0.2) is 71.2 Å². The standard InChI is InChI=1S/C29H32B2INO9/c1-15(8-16-9-22(32)27(35)24(10-16)41-2)6-7-23-25-17(14-34)11-20-26(21(25)13-30(38)42-23)29(37)33(28(20)36)19-5-3-4-18(12-19)31(39)40/h3-5,8-10,12,20-21,23,26,34-35,38-40H,6-7,11,13-14H2,1-2H3/b15-8+/t20-,21+,23-,26-/m1/s1. The van der Waals surface area contributed by atoms with E-state index in [1.807, 2.05) is 41.7 Å². The Morgan fingerprint density at radius 2 is 1.98 bits per heavy atom. The van der Waals surface area contributed by atoms with Gasteiger partial charge in [0.2, 0.25) is 11.8 Å². The van der Waals surface area contributed by atoms with E-state index in [-0.39, 0.29) is 36.2 Å². The summed E-state index contributed by atoms with van der Waals surface area (Å²) in [4.78, 5) is 28.5. The van der Waals surface area contributed by atoms with Crippen molar-refractivity contribution >= 4 is 65.9 Å². The Hall–Kier alpha value is -2.68. The summed E-state index contributed by atoms with van der Waals surface area (Å²) in [6.07, 6.45) is 2.83. The van der Waals surface area contributed by atoms with Crippen LogP contribution in [0.5, 0.6) is 11.5 Å². The van der Waals surface area contributed by atoms with Gasteiger partial charge in [-0.05, 0) is 107 Å². The molecule has 5 N–H and O–H groups in total. The molecule has 1 aliphatic carbocycles. The van der Waals surface area contributed by atoms with Crippen LogP contribution in [0, 0.1) is 21.3 Å². The van der Waals surface area contributed by atoms with Gasteiger partial charge in [-0.1, -0.05) is 23.8 Å². The van der Waals surface area contributed by atoms with E-state index in [9.17, 15) is 34.9 Å². The zero-order chi connectivity index (χ0) is 30.3. The summed E-state index contributed by atoms with van der Waals surface area (Å²) < 4.78 is 11.9. The number of aliphatic hydroxyl groups is 1. The molecule has 2 amide bonds. The molecule has 0 radical (unpaired) electrons. The van der Waals surface area contributed by atoms with Crippen LogP contribution < -0.4 is 15.1 Å². The number of phenols is 1. The number of nitrogens with zero attached hydrogens (tertiary/aromatic N) is 1. The van der Waals surface area contributed by atoms with Gasteiger partial charge in [-0.3, -0.25) is 14.5 Å². The number of benzene rings is 2. The number of hydrogen-bond donors (Lipinski definition) is 5. The summed E-state index contributed by atoms with van der Waals surface area (Å²) in [6.45, 7) is 1.68. The first-order valence-electron chi connectivity index (χ1n) is 13.8. The van der Waals surface area contributed by atoms with Crippen molar-refractivity contribution in [1.82, 2.24) is 0 Å². The van der Waals surface area contributed by atoms with Crippen LogP contribution >= 0.6 is 22.6 Å². The number of allylic oxidation sites excluding steroid dienone is 1. The molecule has 0 unspecified atom stereocenters. The smallest absolute Gasteiger partial charge is 0.488 e. The van der Waals surface area contributed by atoms with Gasteiger partial charge in [0, 0.05) is 0 Å². The molecule has 2 heterocycles. The quantitative estimate of drug-likeness (QED) is 0.121. The molecular formula is C29H32B2INO9. The third kappa shape index (κ3) is 5.78. The molecular weight excluding hydrogens is 655 g/mol. The summed E-state index contributed by atoms with van der Waals surface area (Å²) in [5, 5.41) is 50.4. The van der Waals surface area contributed by atoms with Crippen LogP contribution in [0.2, 0.25) is 6.32 Å². The van der Waals surface area contributed by atoms with Crippen LogP contribution in [0.25, 0.3) is 6.08 Å². The number of rotatable bonds is 8. The molecule has 2 aromatic carbocycles. The van der Waals surface area contributed by atoms with Crippen molar-refractivity contribution in [2.45, 2.75) is 38.6 Å². The number of imide groups is 1. The zero-order valence-electron chi connectivity index (χ0n) is 23.2. The maximum atomic E-state index is 13.8. The second-order valence-corrected chi connectivity index (χ2v) is 12.2. The van der Waals surface area contributed by atoms with E-state index in [1.54, 1.807) is 18.2 Å². The predicted octanol–water partition coefficient (Wildman–Crippen LogP) is 1.86. The van der Waals surface area contributed by atoms with Gasteiger partial charge in [-0.25, -0.2) is 0 Å². The Labute approximate surface area is 258 Å². The molecule has 2 saturated heterocycles. The number of fused-ring (bicyclic) bond motifs is 3. The number of methoxy groups -OCH3 is 1. The van der Waals surface area contributed by atoms with Gasteiger partial charge in [0.15, 0.2) is 11.5 Å². The first-order valence-corrected chi connectivity index (χ1v) is 14.9. The Morgan fingerprint density at radius 1 is 1.21 bits per heavy atom. The number of anilines is 1. The van der Waals surface area contributed by atoms with E-state index in [2.05, 4.69) is 0 Å². The number of amides is 2. The number of aliphatic hydroxyl groups excluding tert-OH is 1. The normalized spacial score (nSPS) is 24.2. The van der Waals surface area contributed by atoms with E-state index in [1.165, 1.54) is 19.2 Å². The number of ether oxygens (including phenoxy) is 1. The van der Waals surface area contributed by atoms with Crippen molar-refractivity contribution in [2.75, 3.05) is 18.6 Å². The summed E-state index contributed by atoms with van der Waals surface area (Å²) in [6, 6.07) is 9.61. The molecule has 5 rings (SSSR count). The molecule has 42 heavy (non-hydrogen) atoms. The summed E-state index contributed by atoms with van der Waals surface area (Å²) >= 11 is 2.04. The molecule has 0 bridgehead atoms. The highest BCUT2D eigenvalue weighted by molar-refractivity contribution is 14.1. The molecule has 2 fully saturated rings. The second-order valence-electron chi connectivity index (χ2n) is 11.0. The number of phenolic OH excluding ortho intramolecular Hbond substituents is 1. The summed E-state index contributed by atoms with van der Waals surface area (Å²) in [5.74, 6) is -2.27. The third-order valence-electron chi connectivity index (χ3n) is 8.41. The summed E-state index contributed by atoms with van der Waals surface area (Å²) in [7, 11) is -1.40. The van der Waals surface area contributed by atoms with Crippen molar-refractivity contribution < 1.29 is 44.3 Å². The van der Waals surface area contributed by atoms with Crippen molar-refractivity contribution in [3.05, 3.63) is 62.3 Å². The molecule has 10 nitrogen and oxygen atoms in total. The molecule has 220 valence electrons. The largest absolute Gasteiger partial charge is 0.504 e. The Bertz CT molecular complexity index is 1460. The van der Waals surface area contributed by atoms with Crippen molar-refractivity contribution in [3.8, 4) is 11.5 Å². The molecule has 4 atom stereocenters. The van der Waals surface area contributed by atoms with E-state index in [0.717, 1.165) is 21.6 Å². The van der Waals surface area contributed by atoms with Crippen LogP contribution in [0.3, 0.4) is 0 Å². The first kappa shape index (κ1) is 30.8. The molecule has 0 saturated carbocycles. The number of aromatic hydroxyl groups is 1. The molecule has 2 aromatic rings. The van der Waals surface area contributed by atoms with Crippen molar-refractivity contribution in [3.63, 3.8) is 0 Å². The van der Waals surface area contributed by atoms with Crippen LogP contribution in [0.4, 0.5) is 5.69 Å². The lowest BCUT2D eigenvalue weighted by atomic mass is 9.58. The maximum Gasteiger partial charge on any atom is 0.488 e. The minimum Gasteiger partial charge on any atom is -0.504 e.